The molecule has 32 heavy (non-hydrogen) atoms. The lowest BCUT2D eigenvalue weighted by Crippen LogP contribution is -2.34. The maximum Gasteiger partial charge on any atom is 0.413 e. The van der Waals surface area contributed by atoms with Crippen molar-refractivity contribution < 1.29 is 19.2 Å². The number of rotatable bonds is 6. The van der Waals surface area contributed by atoms with Gasteiger partial charge in [-0.25, -0.2) is 4.79 Å². The highest BCUT2D eigenvalue weighted by Crippen LogP contribution is 2.44. The zero-order chi connectivity index (χ0) is 22.7. The zero-order valence-electron chi connectivity index (χ0n) is 17.1. The quantitative estimate of drug-likeness (QED) is 0.448. The van der Waals surface area contributed by atoms with E-state index in [0.29, 0.717) is 0 Å². The number of imide groups is 1. The molecule has 1 atom stereocenters. The summed E-state index contributed by atoms with van der Waals surface area (Å²) in [5, 5.41) is 13.3. The summed E-state index contributed by atoms with van der Waals surface area (Å²) in [6.07, 6.45) is -1.18. The molecule has 1 unspecified atom stereocenters. The van der Waals surface area contributed by atoms with Crippen molar-refractivity contribution in [1.29, 1.82) is 0 Å². The van der Waals surface area contributed by atoms with Crippen LogP contribution < -0.4 is 11.1 Å². The smallest absolute Gasteiger partial charge is 0.413 e. The van der Waals surface area contributed by atoms with Crippen LogP contribution in [0.4, 0.5) is 10.5 Å². The Morgan fingerprint density at radius 2 is 1.53 bits per heavy atom. The molecule has 0 heterocycles. The minimum absolute atomic E-state index is 0.0728. The molecule has 2 amide bonds. The number of para-hydroxylation sites is 1. The average molecular weight is 431 g/mol. The van der Waals surface area contributed by atoms with Crippen molar-refractivity contribution in [3.05, 3.63) is 99.6 Å². The van der Waals surface area contributed by atoms with E-state index in [1.54, 1.807) is 6.07 Å². The van der Waals surface area contributed by atoms with Gasteiger partial charge in [0.15, 0.2) is 0 Å². The summed E-state index contributed by atoms with van der Waals surface area (Å²) in [7, 11) is 0. The van der Waals surface area contributed by atoms with Gasteiger partial charge in [-0.1, -0.05) is 66.7 Å². The number of carbonyl (C=O) groups excluding carboxylic acids is 2. The van der Waals surface area contributed by atoms with E-state index in [2.05, 4.69) is 5.32 Å². The minimum Gasteiger partial charge on any atom is -0.448 e. The fourth-order valence-electron chi connectivity index (χ4n) is 4.08. The van der Waals surface area contributed by atoms with Gasteiger partial charge in [0.25, 0.3) is 5.69 Å². The number of carbonyl (C=O) groups is 2. The third-order valence-electron chi connectivity index (χ3n) is 5.52. The molecule has 0 aromatic heterocycles. The van der Waals surface area contributed by atoms with Gasteiger partial charge in [-0.05, 0) is 22.3 Å². The van der Waals surface area contributed by atoms with Crippen molar-refractivity contribution in [2.24, 2.45) is 5.73 Å². The summed E-state index contributed by atoms with van der Waals surface area (Å²) >= 11 is 0. The number of nitro benzene ring substituents is 1. The highest BCUT2D eigenvalue weighted by molar-refractivity contribution is 5.92. The van der Waals surface area contributed by atoms with Crippen molar-refractivity contribution in [1.82, 2.24) is 5.32 Å². The van der Waals surface area contributed by atoms with Crippen molar-refractivity contribution in [2.45, 2.75) is 18.4 Å². The second-order valence-electron chi connectivity index (χ2n) is 7.50. The standard InChI is InChI=1S/C24H21N3O5/c25-21(19-11-5-6-12-22(19)27(30)31)13-23(28)26-24(29)32-14-20-17-9-3-1-7-15(17)16-8-2-4-10-18(16)20/h1-12,20-21H,13-14,25H2,(H,26,28,29). The van der Waals surface area contributed by atoms with Crippen LogP contribution in [0.5, 0.6) is 0 Å². The number of ether oxygens (including phenoxy) is 1. The van der Waals surface area contributed by atoms with Crippen LogP contribution in [-0.4, -0.2) is 23.5 Å². The lowest BCUT2D eigenvalue weighted by atomic mass is 9.98. The van der Waals surface area contributed by atoms with Gasteiger partial charge in [0.1, 0.15) is 6.61 Å². The first-order chi connectivity index (χ1) is 15.5. The summed E-state index contributed by atoms with van der Waals surface area (Å²) in [4.78, 5) is 35.1. The Morgan fingerprint density at radius 3 is 2.16 bits per heavy atom. The molecule has 162 valence electrons. The molecule has 0 saturated heterocycles. The molecule has 0 saturated carbocycles. The topological polar surface area (TPSA) is 125 Å². The summed E-state index contributed by atoms with van der Waals surface area (Å²) in [6, 6.07) is 20.9. The fraction of sp³-hybridized carbons (Fsp3) is 0.167. The number of nitrogens with one attached hydrogen (secondary N) is 1. The first kappa shape index (κ1) is 21.2. The zero-order valence-corrected chi connectivity index (χ0v) is 17.1. The van der Waals surface area contributed by atoms with Crippen LogP contribution in [0.3, 0.4) is 0 Å². The molecule has 0 aliphatic heterocycles. The van der Waals surface area contributed by atoms with E-state index in [1.165, 1.54) is 18.2 Å². The van der Waals surface area contributed by atoms with E-state index in [1.807, 2.05) is 48.5 Å². The molecule has 8 nitrogen and oxygen atoms in total. The van der Waals surface area contributed by atoms with Crippen LogP contribution in [0.25, 0.3) is 11.1 Å². The van der Waals surface area contributed by atoms with Gasteiger partial charge in [-0.15, -0.1) is 0 Å². The van der Waals surface area contributed by atoms with E-state index in [4.69, 9.17) is 10.5 Å². The van der Waals surface area contributed by atoms with Crippen LogP contribution in [-0.2, 0) is 9.53 Å². The summed E-state index contributed by atoms with van der Waals surface area (Å²) in [5.74, 6) is -0.801. The van der Waals surface area contributed by atoms with E-state index in [-0.39, 0.29) is 30.2 Å². The van der Waals surface area contributed by atoms with E-state index >= 15 is 0 Å². The van der Waals surface area contributed by atoms with Gasteiger partial charge in [-0.2, -0.15) is 0 Å². The molecule has 3 aromatic rings. The number of alkyl carbamates (subject to hydrolysis) is 1. The Labute approximate surface area is 184 Å². The molecule has 4 rings (SSSR count). The summed E-state index contributed by atoms with van der Waals surface area (Å²) in [6.45, 7) is 0.0728. The number of hydrogen-bond acceptors (Lipinski definition) is 6. The van der Waals surface area contributed by atoms with Crippen LogP contribution in [0, 0.1) is 10.1 Å². The van der Waals surface area contributed by atoms with Crippen molar-refractivity contribution >= 4 is 17.7 Å². The predicted molar refractivity (Wildman–Crippen MR) is 118 cm³/mol. The van der Waals surface area contributed by atoms with Crippen molar-refractivity contribution in [3.63, 3.8) is 0 Å². The largest absolute Gasteiger partial charge is 0.448 e. The Hall–Kier alpha value is -4.04. The third-order valence-corrected chi connectivity index (χ3v) is 5.52. The molecule has 3 N–H and O–H groups in total. The van der Waals surface area contributed by atoms with Crippen molar-refractivity contribution in [2.75, 3.05) is 6.61 Å². The molecule has 3 aromatic carbocycles. The van der Waals surface area contributed by atoms with Crippen LogP contribution in [0.2, 0.25) is 0 Å². The molecule has 8 heteroatoms. The second-order valence-corrected chi connectivity index (χ2v) is 7.50. The molecular weight excluding hydrogens is 410 g/mol. The lowest BCUT2D eigenvalue weighted by Gasteiger charge is -2.15. The second kappa shape index (κ2) is 8.99. The summed E-state index contributed by atoms with van der Waals surface area (Å²) in [5.41, 5.74) is 10.3. The SMILES string of the molecule is NC(CC(=O)NC(=O)OCC1c2ccccc2-c2ccccc21)c1ccccc1[N+](=O)[O-]. The molecule has 0 spiro atoms. The molecule has 1 aliphatic rings. The molecule has 0 bridgehead atoms. The van der Waals surface area contributed by atoms with Gasteiger partial charge < -0.3 is 10.5 Å². The van der Waals surface area contributed by atoms with Gasteiger partial charge in [-0.3, -0.25) is 20.2 Å². The first-order valence-electron chi connectivity index (χ1n) is 10.1. The Kier molecular flexibility index (Phi) is 5.96. The third kappa shape index (κ3) is 4.21. The maximum absolute atomic E-state index is 12.2. The number of amides is 2. The molecule has 0 fully saturated rings. The number of nitrogens with two attached hydrogens (primary N) is 1. The average Bonchev–Trinajstić information content (AvgIpc) is 3.11. The number of fused-ring (bicyclic) bond motifs is 3. The van der Waals surface area contributed by atoms with Crippen molar-refractivity contribution in [3.8, 4) is 11.1 Å². The monoisotopic (exact) mass is 431 g/mol. The number of benzene rings is 3. The van der Waals surface area contributed by atoms with Gasteiger partial charge in [0.05, 0.1) is 4.92 Å². The van der Waals surface area contributed by atoms with Gasteiger partial charge in [0.2, 0.25) is 5.91 Å². The van der Waals surface area contributed by atoms with E-state index in [9.17, 15) is 19.7 Å². The van der Waals surface area contributed by atoms with E-state index in [0.717, 1.165) is 22.3 Å². The van der Waals surface area contributed by atoms with E-state index < -0.39 is 23.0 Å². The van der Waals surface area contributed by atoms with Gasteiger partial charge >= 0.3 is 6.09 Å². The number of nitrogens with zero attached hydrogens (tertiary/aromatic N) is 1. The maximum atomic E-state index is 12.2. The number of hydrogen-bond donors (Lipinski definition) is 2. The molecular formula is C24H21N3O5. The highest BCUT2D eigenvalue weighted by Gasteiger charge is 2.29. The predicted octanol–water partition coefficient (Wildman–Crippen LogP) is 4.05. The summed E-state index contributed by atoms with van der Waals surface area (Å²) < 4.78 is 5.34. The van der Waals surface area contributed by atoms with Crippen LogP contribution in [0.15, 0.2) is 72.8 Å². The minimum atomic E-state index is -0.932. The molecule has 0 radical (unpaired) electrons. The number of nitro groups is 1. The lowest BCUT2D eigenvalue weighted by molar-refractivity contribution is -0.385. The molecule has 1 aliphatic carbocycles. The fourth-order valence-corrected chi connectivity index (χ4v) is 4.08. The first-order valence-corrected chi connectivity index (χ1v) is 10.1. The Balaban J connectivity index is 1.37. The van der Waals surface area contributed by atoms with Gasteiger partial charge in [0, 0.05) is 30.0 Å². The normalized spacial score (nSPS) is 13.0. The van der Waals surface area contributed by atoms with Crippen LogP contribution >= 0.6 is 0 Å². The Morgan fingerprint density at radius 1 is 0.969 bits per heavy atom. The van der Waals surface area contributed by atoms with Crippen LogP contribution in [0.1, 0.15) is 35.1 Å². The Bertz CT molecular complexity index is 1150. The highest BCUT2D eigenvalue weighted by atomic mass is 16.6.